The molecule has 0 bridgehead atoms. The van der Waals surface area contributed by atoms with E-state index < -0.39 is 15.8 Å². The average Bonchev–Trinajstić information content (AvgIpc) is 2.60. The van der Waals surface area contributed by atoms with E-state index in [1.54, 1.807) is 20.0 Å². The highest BCUT2D eigenvalue weighted by Crippen LogP contribution is 2.35. The fourth-order valence-corrected chi connectivity index (χ4v) is 4.20. The number of benzene rings is 1. The van der Waals surface area contributed by atoms with Gasteiger partial charge in [0, 0.05) is 23.2 Å². The molecule has 7 nitrogen and oxygen atoms in total. The zero-order valence-electron chi connectivity index (χ0n) is 16.7. The van der Waals surface area contributed by atoms with Gasteiger partial charge >= 0.3 is 0 Å². The van der Waals surface area contributed by atoms with Crippen LogP contribution >= 0.6 is 0 Å². The van der Waals surface area contributed by atoms with Gasteiger partial charge in [0.05, 0.1) is 12.2 Å². The molecule has 3 rings (SSSR count). The molecule has 1 aliphatic heterocycles. The van der Waals surface area contributed by atoms with Crippen molar-refractivity contribution in [3.8, 4) is 0 Å². The molecule has 0 aliphatic carbocycles. The molecule has 1 atom stereocenters. The fourth-order valence-electron chi connectivity index (χ4n) is 3.72. The van der Waals surface area contributed by atoms with E-state index in [2.05, 4.69) is 15.3 Å². The Bertz CT molecular complexity index is 886. The highest BCUT2D eigenvalue weighted by atomic mass is 32.2. The van der Waals surface area contributed by atoms with E-state index in [1.807, 2.05) is 38.1 Å². The number of hydroxylamine groups is 2. The summed E-state index contributed by atoms with van der Waals surface area (Å²) in [6.45, 7) is 8.56. The summed E-state index contributed by atoms with van der Waals surface area (Å²) in [6.07, 6.45) is 3.03. The van der Waals surface area contributed by atoms with Gasteiger partial charge in [0.2, 0.25) is 5.95 Å². The second kappa shape index (κ2) is 7.87. The lowest BCUT2D eigenvalue weighted by Crippen LogP contribution is -2.35. The minimum absolute atomic E-state index is 0.324. The van der Waals surface area contributed by atoms with Crippen LogP contribution in [-0.2, 0) is 29.5 Å². The van der Waals surface area contributed by atoms with Crippen LogP contribution in [0.1, 0.15) is 50.9 Å². The van der Waals surface area contributed by atoms with Crippen molar-refractivity contribution in [2.75, 3.05) is 11.9 Å². The fraction of sp³-hybridized carbons (Fsp3) is 0.500. The molecule has 0 saturated carbocycles. The van der Waals surface area contributed by atoms with Crippen LogP contribution in [0.5, 0.6) is 0 Å². The Balaban J connectivity index is 1.80. The van der Waals surface area contributed by atoms with Gasteiger partial charge in [-0.1, -0.05) is 26.0 Å². The van der Waals surface area contributed by atoms with Crippen molar-refractivity contribution in [1.82, 2.24) is 15.0 Å². The van der Waals surface area contributed by atoms with Crippen molar-refractivity contribution in [2.24, 2.45) is 0 Å². The molecule has 0 saturated heterocycles. The molecular formula is C20H27N4O3S-. The molecular weight excluding hydrogens is 376 g/mol. The Morgan fingerprint density at radius 1 is 1.32 bits per heavy atom. The van der Waals surface area contributed by atoms with E-state index in [0.717, 1.165) is 28.9 Å². The summed E-state index contributed by atoms with van der Waals surface area (Å²) in [7, 11) is 0. The van der Waals surface area contributed by atoms with E-state index in [4.69, 9.17) is 0 Å². The van der Waals surface area contributed by atoms with Gasteiger partial charge in [-0.25, -0.2) is 9.97 Å². The van der Waals surface area contributed by atoms with Crippen LogP contribution in [0.2, 0.25) is 0 Å². The third-order valence-electron chi connectivity index (χ3n) is 5.14. The summed E-state index contributed by atoms with van der Waals surface area (Å²) in [5.41, 5.74) is 3.43. The number of nitrogens with zero attached hydrogens (tertiary/aromatic N) is 3. The van der Waals surface area contributed by atoms with Gasteiger partial charge in [-0.2, -0.15) is 5.06 Å². The smallest absolute Gasteiger partial charge is 0.227 e. The van der Waals surface area contributed by atoms with Gasteiger partial charge < -0.3 is 15.1 Å². The zero-order chi connectivity index (χ0) is 20.5. The van der Waals surface area contributed by atoms with Crippen molar-refractivity contribution in [3.05, 3.63) is 47.3 Å². The lowest BCUT2D eigenvalue weighted by molar-refractivity contribution is -0.104. The third-order valence-corrected chi connectivity index (χ3v) is 6.19. The third kappa shape index (κ3) is 4.75. The minimum Gasteiger partial charge on any atom is -0.772 e. The molecule has 0 radical (unpaired) electrons. The number of rotatable bonds is 6. The Kier molecular flexibility index (Phi) is 5.86. The quantitative estimate of drug-likeness (QED) is 0.714. The lowest BCUT2D eigenvalue weighted by atomic mass is 9.77. The first kappa shape index (κ1) is 20.9. The normalized spacial score (nSPS) is 16.5. The van der Waals surface area contributed by atoms with Gasteiger partial charge in [-0.3, -0.25) is 4.21 Å². The number of anilines is 2. The molecule has 8 heteroatoms. The first-order valence-electron chi connectivity index (χ1n) is 9.32. The summed E-state index contributed by atoms with van der Waals surface area (Å²) in [6, 6.07) is 7.88. The van der Waals surface area contributed by atoms with Crippen molar-refractivity contribution in [2.45, 2.75) is 57.2 Å². The van der Waals surface area contributed by atoms with Crippen molar-refractivity contribution in [3.63, 3.8) is 0 Å². The summed E-state index contributed by atoms with van der Waals surface area (Å²) >= 11 is -2.15. The predicted molar refractivity (Wildman–Crippen MR) is 108 cm³/mol. The Morgan fingerprint density at radius 3 is 2.79 bits per heavy atom. The Hall–Kier alpha value is -1.87. The van der Waals surface area contributed by atoms with E-state index in [0.29, 0.717) is 25.5 Å². The van der Waals surface area contributed by atoms with Gasteiger partial charge in [0.25, 0.3) is 0 Å². The van der Waals surface area contributed by atoms with Crippen molar-refractivity contribution >= 4 is 22.7 Å². The molecule has 1 aromatic carbocycles. The Morgan fingerprint density at radius 2 is 2.07 bits per heavy atom. The van der Waals surface area contributed by atoms with Crippen LogP contribution in [0.3, 0.4) is 0 Å². The van der Waals surface area contributed by atoms with E-state index >= 15 is 0 Å². The maximum atomic E-state index is 11.5. The first-order chi connectivity index (χ1) is 13.1. The highest BCUT2D eigenvalue weighted by Gasteiger charge is 2.31. The molecule has 2 N–H and O–H groups in total. The SMILES string of the molecule is CC(C)(CC(C)(C)S(=O)[O-])c1cccc(Nc2ncc3c(n2)CN(O)CC3)c1. The molecule has 152 valence electrons. The van der Waals surface area contributed by atoms with Crippen LogP contribution < -0.4 is 5.32 Å². The van der Waals surface area contributed by atoms with Crippen molar-refractivity contribution in [1.29, 1.82) is 0 Å². The molecule has 1 unspecified atom stereocenters. The minimum atomic E-state index is -2.15. The van der Waals surface area contributed by atoms with Gasteiger partial charge in [-0.05, 0) is 66.4 Å². The number of nitrogens with one attached hydrogen (secondary N) is 1. The maximum absolute atomic E-state index is 11.5. The van der Waals surface area contributed by atoms with Crippen molar-refractivity contribution < 1.29 is 14.0 Å². The van der Waals surface area contributed by atoms with Crippen LogP contribution in [0.25, 0.3) is 0 Å². The molecule has 2 aromatic rings. The van der Waals surface area contributed by atoms with E-state index in [1.165, 1.54) is 5.06 Å². The zero-order valence-corrected chi connectivity index (χ0v) is 17.5. The second-order valence-electron chi connectivity index (χ2n) is 8.56. The van der Waals surface area contributed by atoms with Crippen LogP contribution in [0.15, 0.2) is 30.5 Å². The molecule has 0 amide bonds. The van der Waals surface area contributed by atoms with E-state index in [-0.39, 0.29) is 5.41 Å². The largest absolute Gasteiger partial charge is 0.772 e. The number of aromatic nitrogens is 2. The molecule has 2 heterocycles. The standard InChI is InChI=1S/C20H28N4O3S/c1-19(2,13-20(3,4)28(26)27)15-6-5-7-16(10-15)22-18-21-11-14-8-9-24(25)12-17(14)23-18/h5-7,10-11,25H,8-9,12-13H2,1-4H3,(H,26,27)(H,21,22,23)/p-1. The first-order valence-corrected chi connectivity index (χ1v) is 10.4. The number of hydrogen-bond donors (Lipinski definition) is 2. The second-order valence-corrected chi connectivity index (χ2v) is 10.1. The molecule has 1 aliphatic rings. The van der Waals surface area contributed by atoms with Gasteiger partial charge in [-0.15, -0.1) is 0 Å². The lowest BCUT2D eigenvalue weighted by Gasteiger charge is -2.37. The van der Waals surface area contributed by atoms with E-state index in [9.17, 15) is 14.0 Å². The topological polar surface area (TPSA) is 101 Å². The monoisotopic (exact) mass is 403 g/mol. The Labute approximate surface area is 168 Å². The summed E-state index contributed by atoms with van der Waals surface area (Å²) in [5, 5.41) is 14.2. The summed E-state index contributed by atoms with van der Waals surface area (Å²) < 4.78 is 22.2. The maximum Gasteiger partial charge on any atom is 0.227 e. The highest BCUT2D eigenvalue weighted by molar-refractivity contribution is 7.80. The number of hydrogen-bond acceptors (Lipinski definition) is 7. The summed E-state index contributed by atoms with van der Waals surface area (Å²) in [4.78, 5) is 8.91. The molecule has 0 spiro atoms. The summed E-state index contributed by atoms with van der Waals surface area (Å²) in [5.74, 6) is 0.477. The number of fused-ring (bicyclic) bond motifs is 1. The molecule has 1 aromatic heterocycles. The molecule has 0 fully saturated rings. The van der Waals surface area contributed by atoms with Gasteiger partial charge in [0.15, 0.2) is 0 Å². The van der Waals surface area contributed by atoms with Crippen LogP contribution in [0, 0.1) is 0 Å². The van der Waals surface area contributed by atoms with Crippen LogP contribution in [-0.4, -0.2) is 40.3 Å². The van der Waals surface area contributed by atoms with Gasteiger partial charge in [0.1, 0.15) is 0 Å². The van der Waals surface area contributed by atoms with Crippen LogP contribution in [0.4, 0.5) is 11.6 Å². The molecule has 28 heavy (non-hydrogen) atoms. The predicted octanol–water partition coefficient (Wildman–Crippen LogP) is 3.29. The average molecular weight is 404 g/mol.